The van der Waals surface area contributed by atoms with E-state index in [0.29, 0.717) is 16.6 Å². The van der Waals surface area contributed by atoms with Gasteiger partial charge in [0.25, 0.3) is 5.82 Å². The van der Waals surface area contributed by atoms with E-state index >= 15 is 0 Å². The second kappa shape index (κ2) is 6.51. The zero-order valence-corrected chi connectivity index (χ0v) is 12.2. The molecular formula is C14H16ClN5. The molecule has 0 saturated heterocycles. The van der Waals surface area contributed by atoms with E-state index in [1.54, 1.807) is 0 Å². The van der Waals surface area contributed by atoms with Crippen LogP contribution in [0.25, 0.3) is 5.69 Å². The number of aromatic nitrogens is 3. The Bertz CT molecular complexity index is 627. The fourth-order valence-electron chi connectivity index (χ4n) is 1.78. The molecule has 1 aromatic heterocycles. The quantitative estimate of drug-likeness (QED) is 0.918. The van der Waals surface area contributed by atoms with E-state index in [4.69, 9.17) is 16.9 Å². The smallest absolute Gasteiger partial charge is 0.252 e. The third-order valence-corrected chi connectivity index (χ3v) is 3.04. The van der Waals surface area contributed by atoms with Gasteiger partial charge in [0.05, 0.1) is 10.7 Å². The summed E-state index contributed by atoms with van der Waals surface area (Å²) >= 11 is 6.26. The number of nitriles is 1. The molecule has 0 aliphatic rings. The summed E-state index contributed by atoms with van der Waals surface area (Å²) in [5.41, 5.74) is 1.83. The molecule has 1 N–H and O–H groups in total. The number of hydrogen-bond donors (Lipinski definition) is 1. The van der Waals surface area contributed by atoms with Crippen LogP contribution in [-0.4, -0.2) is 21.3 Å². The van der Waals surface area contributed by atoms with Crippen molar-refractivity contribution in [3.8, 4) is 11.8 Å². The van der Waals surface area contributed by atoms with E-state index in [1.165, 1.54) is 11.0 Å². The van der Waals surface area contributed by atoms with Crippen LogP contribution in [0.15, 0.2) is 24.5 Å². The highest BCUT2D eigenvalue weighted by molar-refractivity contribution is 6.32. The van der Waals surface area contributed by atoms with Crippen molar-refractivity contribution >= 4 is 11.6 Å². The summed E-state index contributed by atoms with van der Waals surface area (Å²) in [6.45, 7) is 6.08. The SMILES string of the molecule is CC(C)CNCc1ccc(-n2cnc(C#N)n2)c(Cl)c1. The summed E-state index contributed by atoms with van der Waals surface area (Å²) in [5, 5.41) is 16.7. The molecule has 5 nitrogen and oxygen atoms in total. The lowest BCUT2D eigenvalue weighted by Gasteiger charge is -2.09. The Hall–Kier alpha value is -1.90. The van der Waals surface area contributed by atoms with Crippen LogP contribution >= 0.6 is 11.6 Å². The van der Waals surface area contributed by atoms with Crippen molar-refractivity contribution in [1.29, 1.82) is 5.26 Å². The first-order valence-corrected chi connectivity index (χ1v) is 6.79. The number of halogens is 1. The molecule has 2 aromatic rings. The van der Waals surface area contributed by atoms with Gasteiger partial charge in [0.15, 0.2) is 0 Å². The van der Waals surface area contributed by atoms with E-state index in [1.807, 2.05) is 24.3 Å². The van der Waals surface area contributed by atoms with Crippen LogP contribution in [0.1, 0.15) is 25.2 Å². The molecule has 0 radical (unpaired) electrons. The van der Waals surface area contributed by atoms with Crippen LogP contribution in [0.4, 0.5) is 0 Å². The number of benzene rings is 1. The average Bonchev–Trinajstić information content (AvgIpc) is 2.87. The predicted molar refractivity (Wildman–Crippen MR) is 77.6 cm³/mol. The molecule has 0 atom stereocenters. The first-order chi connectivity index (χ1) is 9.60. The second-order valence-electron chi connectivity index (χ2n) is 4.94. The Morgan fingerprint density at radius 1 is 1.45 bits per heavy atom. The highest BCUT2D eigenvalue weighted by atomic mass is 35.5. The molecule has 0 fully saturated rings. The molecule has 2 rings (SSSR count). The topological polar surface area (TPSA) is 66.5 Å². The molecule has 6 heteroatoms. The van der Waals surface area contributed by atoms with Crippen LogP contribution in [-0.2, 0) is 6.54 Å². The monoisotopic (exact) mass is 289 g/mol. The Morgan fingerprint density at radius 3 is 2.85 bits per heavy atom. The minimum absolute atomic E-state index is 0.128. The Kier molecular flexibility index (Phi) is 4.72. The van der Waals surface area contributed by atoms with Crippen LogP contribution < -0.4 is 5.32 Å². The lowest BCUT2D eigenvalue weighted by atomic mass is 10.2. The highest BCUT2D eigenvalue weighted by Gasteiger charge is 2.07. The molecule has 0 unspecified atom stereocenters. The lowest BCUT2D eigenvalue weighted by molar-refractivity contribution is 0.552. The maximum Gasteiger partial charge on any atom is 0.252 e. The van der Waals surface area contributed by atoms with Gasteiger partial charge < -0.3 is 5.32 Å². The van der Waals surface area contributed by atoms with E-state index in [-0.39, 0.29) is 5.82 Å². The zero-order chi connectivity index (χ0) is 14.5. The van der Waals surface area contributed by atoms with Crippen molar-refractivity contribution in [2.45, 2.75) is 20.4 Å². The van der Waals surface area contributed by atoms with Gasteiger partial charge in [0.2, 0.25) is 0 Å². The van der Waals surface area contributed by atoms with Gasteiger partial charge in [-0.1, -0.05) is 31.5 Å². The Balaban J connectivity index is 2.11. The van der Waals surface area contributed by atoms with Crippen molar-refractivity contribution in [3.63, 3.8) is 0 Å². The summed E-state index contributed by atoms with van der Waals surface area (Å²) in [6, 6.07) is 7.66. The maximum absolute atomic E-state index is 8.72. The summed E-state index contributed by atoms with van der Waals surface area (Å²) in [5.74, 6) is 0.744. The normalized spacial score (nSPS) is 10.8. The largest absolute Gasteiger partial charge is 0.312 e. The van der Waals surface area contributed by atoms with E-state index in [0.717, 1.165) is 18.7 Å². The van der Waals surface area contributed by atoms with Gasteiger partial charge in [-0.05, 0) is 30.2 Å². The van der Waals surface area contributed by atoms with Gasteiger partial charge in [0, 0.05) is 6.54 Å². The second-order valence-corrected chi connectivity index (χ2v) is 5.34. The van der Waals surface area contributed by atoms with Crippen molar-refractivity contribution in [2.24, 2.45) is 5.92 Å². The fourth-order valence-corrected chi connectivity index (χ4v) is 2.07. The predicted octanol–water partition coefficient (Wildman–Crippen LogP) is 2.54. The summed E-state index contributed by atoms with van der Waals surface area (Å²) in [4.78, 5) is 3.86. The number of nitrogens with one attached hydrogen (secondary N) is 1. The molecule has 0 spiro atoms. The molecular weight excluding hydrogens is 274 g/mol. The highest BCUT2D eigenvalue weighted by Crippen LogP contribution is 2.21. The molecule has 0 aliphatic heterocycles. The molecule has 1 heterocycles. The standard InChI is InChI=1S/C14H16ClN5/c1-10(2)7-17-8-11-3-4-13(12(15)5-11)20-9-18-14(6-16)19-20/h3-5,9-10,17H,7-8H2,1-2H3. The Morgan fingerprint density at radius 2 is 2.25 bits per heavy atom. The van der Waals surface area contributed by atoms with Crippen LogP contribution in [0, 0.1) is 17.2 Å². The van der Waals surface area contributed by atoms with Crippen LogP contribution in [0.3, 0.4) is 0 Å². The van der Waals surface area contributed by atoms with Crippen LogP contribution in [0.2, 0.25) is 5.02 Å². The molecule has 0 aliphatic carbocycles. The molecule has 20 heavy (non-hydrogen) atoms. The van der Waals surface area contributed by atoms with Gasteiger partial charge >= 0.3 is 0 Å². The average molecular weight is 290 g/mol. The summed E-state index contributed by atoms with van der Waals surface area (Å²) in [7, 11) is 0. The minimum atomic E-state index is 0.128. The van der Waals surface area contributed by atoms with Crippen LogP contribution in [0.5, 0.6) is 0 Å². The van der Waals surface area contributed by atoms with Gasteiger partial charge in [-0.25, -0.2) is 9.67 Å². The maximum atomic E-state index is 8.72. The van der Waals surface area contributed by atoms with E-state index in [9.17, 15) is 0 Å². The third kappa shape index (κ3) is 3.56. The van der Waals surface area contributed by atoms with Crippen molar-refractivity contribution in [2.75, 3.05) is 6.54 Å². The van der Waals surface area contributed by atoms with E-state index < -0.39 is 0 Å². The van der Waals surface area contributed by atoms with Crippen molar-refractivity contribution in [1.82, 2.24) is 20.1 Å². The van der Waals surface area contributed by atoms with Crippen molar-refractivity contribution in [3.05, 3.63) is 40.9 Å². The van der Waals surface area contributed by atoms with Gasteiger partial charge in [-0.15, -0.1) is 5.10 Å². The first kappa shape index (κ1) is 14.5. The minimum Gasteiger partial charge on any atom is -0.312 e. The number of nitrogens with zero attached hydrogens (tertiary/aromatic N) is 4. The molecule has 0 amide bonds. The molecule has 1 aromatic carbocycles. The third-order valence-electron chi connectivity index (χ3n) is 2.73. The molecule has 0 bridgehead atoms. The number of rotatable bonds is 5. The Labute approximate surface area is 123 Å². The zero-order valence-electron chi connectivity index (χ0n) is 11.5. The fraction of sp³-hybridized carbons (Fsp3) is 0.357. The number of hydrogen-bond acceptors (Lipinski definition) is 4. The van der Waals surface area contributed by atoms with Gasteiger partial charge in [0.1, 0.15) is 12.4 Å². The summed E-state index contributed by atoms with van der Waals surface area (Å²) < 4.78 is 1.51. The van der Waals surface area contributed by atoms with E-state index in [2.05, 4.69) is 29.2 Å². The van der Waals surface area contributed by atoms with Crippen molar-refractivity contribution < 1.29 is 0 Å². The first-order valence-electron chi connectivity index (χ1n) is 6.41. The van der Waals surface area contributed by atoms with Gasteiger partial charge in [-0.3, -0.25) is 0 Å². The summed E-state index contributed by atoms with van der Waals surface area (Å²) in [6.07, 6.45) is 1.48. The lowest BCUT2D eigenvalue weighted by Crippen LogP contribution is -2.18. The van der Waals surface area contributed by atoms with Gasteiger partial charge in [-0.2, -0.15) is 5.26 Å². The molecule has 104 valence electrons. The molecule has 0 saturated carbocycles.